The third kappa shape index (κ3) is 5.73. The van der Waals surface area contributed by atoms with E-state index >= 15 is 4.39 Å². The molecular weight excluding hydrogens is 443 g/mol. The SMILES string of the molecule is CC(F)(F)c1ccc(CN(c2ncnc(CC(CC(=O)O)c3ccccc3)c2F)C2CC2)cc1. The Morgan fingerprint density at radius 2 is 1.79 bits per heavy atom. The Balaban J connectivity index is 1.59. The lowest BCUT2D eigenvalue weighted by Crippen LogP contribution is -2.28. The van der Waals surface area contributed by atoms with Gasteiger partial charge in [-0.1, -0.05) is 54.6 Å². The van der Waals surface area contributed by atoms with Crippen molar-refractivity contribution in [1.82, 2.24) is 9.97 Å². The largest absolute Gasteiger partial charge is 0.481 e. The molecule has 1 N–H and O–H groups in total. The van der Waals surface area contributed by atoms with Crippen LogP contribution in [0, 0.1) is 5.82 Å². The van der Waals surface area contributed by atoms with Crippen LogP contribution in [0.3, 0.4) is 0 Å². The van der Waals surface area contributed by atoms with E-state index in [4.69, 9.17) is 0 Å². The van der Waals surface area contributed by atoms with Crippen LogP contribution >= 0.6 is 0 Å². The molecule has 5 nitrogen and oxygen atoms in total. The highest BCUT2D eigenvalue weighted by Crippen LogP contribution is 2.35. The molecule has 1 fully saturated rings. The fourth-order valence-electron chi connectivity index (χ4n) is 4.08. The van der Waals surface area contributed by atoms with Gasteiger partial charge < -0.3 is 10.0 Å². The number of benzene rings is 2. The highest BCUT2D eigenvalue weighted by Gasteiger charge is 2.33. The van der Waals surface area contributed by atoms with E-state index in [0.29, 0.717) is 6.54 Å². The average Bonchev–Trinajstić information content (AvgIpc) is 3.64. The molecule has 0 radical (unpaired) electrons. The molecule has 3 aromatic rings. The first kappa shape index (κ1) is 23.7. The summed E-state index contributed by atoms with van der Waals surface area (Å²) in [6.45, 7) is 1.17. The van der Waals surface area contributed by atoms with Crippen molar-refractivity contribution in [1.29, 1.82) is 0 Å². The maximum atomic E-state index is 15.6. The quantitative estimate of drug-likeness (QED) is 0.413. The molecule has 1 aliphatic carbocycles. The summed E-state index contributed by atoms with van der Waals surface area (Å²) < 4.78 is 42.7. The van der Waals surface area contributed by atoms with E-state index in [0.717, 1.165) is 30.9 Å². The molecule has 2 aromatic carbocycles. The van der Waals surface area contributed by atoms with Gasteiger partial charge in [-0.15, -0.1) is 0 Å². The van der Waals surface area contributed by atoms with E-state index in [1.807, 2.05) is 35.2 Å². The normalized spacial score (nSPS) is 14.6. The average molecular weight is 470 g/mol. The molecule has 1 aliphatic rings. The Hall–Kier alpha value is -3.42. The highest BCUT2D eigenvalue weighted by atomic mass is 19.3. The molecule has 1 heterocycles. The lowest BCUT2D eigenvalue weighted by Gasteiger charge is -2.25. The second-order valence-electron chi connectivity index (χ2n) is 8.81. The number of carboxylic acids is 1. The minimum atomic E-state index is -2.92. The summed E-state index contributed by atoms with van der Waals surface area (Å²) in [7, 11) is 0. The van der Waals surface area contributed by atoms with Gasteiger partial charge in [0.25, 0.3) is 5.92 Å². The van der Waals surface area contributed by atoms with Crippen LogP contribution in [0.15, 0.2) is 60.9 Å². The van der Waals surface area contributed by atoms with Gasteiger partial charge in [0.15, 0.2) is 11.6 Å². The zero-order valence-corrected chi connectivity index (χ0v) is 18.8. The van der Waals surface area contributed by atoms with Crippen LogP contribution in [0.2, 0.25) is 0 Å². The molecule has 8 heteroatoms. The van der Waals surface area contributed by atoms with Crippen molar-refractivity contribution in [3.05, 3.63) is 89.1 Å². The molecular formula is C26H26F3N3O2. The van der Waals surface area contributed by atoms with Crippen molar-refractivity contribution in [2.45, 2.75) is 57.0 Å². The van der Waals surface area contributed by atoms with Crippen molar-refractivity contribution in [2.24, 2.45) is 0 Å². The van der Waals surface area contributed by atoms with Crippen molar-refractivity contribution in [3.8, 4) is 0 Å². The number of hydrogen-bond acceptors (Lipinski definition) is 4. The number of carbonyl (C=O) groups is 1. The topological polar surface area (TPSA) is 66.3 Å². The van der Waals surface area contributed by atoms with Gasteiger partial charge in [0.2, 0.25) is 0 Å². The second kappa shape index (κ2) is 9.83. The van der Waals surface area contributed by atoms with Gasteiger partial charge >= 0.3 is 5.97 Å². The van der Waals surface area contributed by atoms with Crippen molar-refractivity contribution < 1.29 is 23.1 Å². The predicted molar refractivity (Wildman–Crippen MR) is 122 cm³/mol. The van der Waals surface area contributed by atoms with Gasteiger partial charge in [-0.2, -0.15) is 0 Å². The standard InChI is InChI=1S/C26H26F3N3O2/c1-26(28,29)20-9-7-17(8-10-20)15-32(21-11-12-21)25-24(27)22(30-16-31-25)13-19(14-23(33)34)18-5-3-2-4-6-18/h2-10,16,19,21H,11-15H2,1H3,(H,33,34). The molecule has 1 unspecified atom stereocenters. The number of hydrogen-bond donors (Lipinski definition) is 1. The fourth-order valence-corrected chi connectivity index (χ4v) is 4.08. The van der Waals surface area contributed by atoms with Gasteiger partial charge in [-0.3, -0.25) is 4.79 Å². The van der Waals surface area contributed by atoms with Crippen LogP contribution in [-0.4, -0.2) is 27.1 Å². The number of carboxylic acid groups (broad SMARTS) is 1. The Labute approximate surface area is 196 Å². The van der Waals surface area contributed by atoms with Crippen LogP contribution in [0.1, 0.15) is 54.5 Å². The maximum Gasteiger partial charge on any atom is 0.303 e. The summed E-state index contributed by atoms with van der Waals surface area (Å²) in [5.74, 6) is -4.75. The number of rotatable bonds is 10. The van der Waals surface area contributed by atoms with Gasteiger partial charge in [-0.25, -0.2) is 23.1 Å². The predicted octanol–water partition coefficient (Wildman–Crippen LogP) is 5.70. The van der Waals surface area contributed by atoms with E-state index in [-0.39, 0.29) is 36.0 Å². The molecule has 1 atom stereocenters. The zero-order chi connectivity index (χ0) is 24.3. The molecule has 0 spiro atoms. The number of aromatic nitrogens is 2. The van der Waals surface area contributed by atoms with E-state index < -0.39 is 23.6 Å². The summed E-state index contributed by atoms with van der Waals surface area (Å²) >= 11 is 0. The minimum absolute atomic E-state index is 0.0740. The summed E-state index contributed by atoms with van der Waals surface area (Å²) in [5.41, 5.74) is 1.66. The highest BCUT2D eigenvalue weighted by molar-refractivity contribution is 5.68. The van der Waals surface area contributed by atoms with Crippen molar-refractivity contribution in [2.75, 3.05) is 4.90 Å². The third-order valence-corrected chi connectivity index (χ3v) is 6.05. The molecule has 34 heavy (non-hydrogen) atoms. The number of halogens is 3. The smallest absolute Gasteiger partial charge is 0.303 e. The van der Waals surface area contributed by atoms with E-state index in [1.54, 1.807) is 12.1 Å². The van der Waals surface area contributed by atoms with Crippen molar-refractivity contribution >= 4 is 11.8 Å². The monoisotopic (exact) mass is 469 g/mol. The molecule has 4 rings (SSSR count). The van der Waals surface area contributed by atoms with E-state index in [2.05, 4.69) is 9.97 Å². The van der Waals surface area contributed by atoms with Crippen molar-refractivity contribution in [3.63, 3.8) is 0 Å². The first-order valence-electron chi connectivity index (χ1n) is 11.2. The van der Waals surface area contributed by atoms with Crippen LogP contribution in [-0.2, 0) is 23.7 Å². The lowest BCUT2D eigenvalue weighted by molar-refractivity contribution is -0.137. The Morgan fingerprint density at radius 1 is 1.12 bits per heavy atom. The Morgan fingerprint density at radius 3 is 2.38 bits per heavy atom. The molecule has 178 valence electrons. The van der Waals surface area contributed by atoms with Crippen LogP contribution in [0.25, 0.3) is 0 Å². The third-order valence-electron chi connectivity index (χ3n) is 6.05. The van der Waals surface area contributed by atoms with Crippen LogP contribution in [0.4, 0.5) is 19.0 Å². The molecule has 1 aromatic heterocycles. The first-order chi connectivity index (χ1) is 16.2. The molecule has 1 saturated carbocycles. The van der Waals surface area contributed by atoms with Gasteiger partial charge in [0.1, 0.15) is 6.33 Å². The Kier molecular flexibility index (Phi) is 6.86. The molecule has 0 saturated heterocycles. The fraction of sp³-hybridized carbons (Fsp3) is 0.346. The van der Waals surface area contributed by atoms with Gasteiger partial charge in [0, 0.05) is 31.5 Å². The summed E-state index contributed by atoms with van der Waals surface area (Å²) in [5, 5.41) is 9.37. The molecule has 0 aliphatic heterocycles. The minimum Gasteiger partial charge on any atom is -0.481 e. The Bertz CT molecular complexity index is 1130. The van der Waals surface area contributed by atoms with E-state index in [9.17, 15) is 18.7 Å². The number of alkyl halides is 2. The first-order valence-corrected chi connectivity index (χ1v) is 11.2. The summed E-state index contributed by atoms with van der Waals surface area (Å²) in [4.78, 5) is 21.6. The second-order valence-corrected chi connectivity index (χ2v) is 8.81. The van der Waals surface area contributed by atoms with Crippen LogP contribution in [0.5, 0.6) is 0 Å². The summed E-state index contributed by atoms with van der Waals surface area (Å²) in [6, 6.07) is 15.3. The van der Waals surface area contributed by atoms with Crippen LogP contribution < -0.4 is 4.90 Å². The zero-order valence-electron chi connectivity index (χ0n) is 18.8. The molecule has 0 amide bonds. The number of aliphatic carboxylic acids is 1. The number of anilines is 1. The summed E-state index contributed by atoms with van der Waals surface area (Å²) in [6.07, 6.45) is 3.04. The number of nitrogens with zero attached hydrogens (tertiary/aromatic N) is 3. The van der Waals surface area contributed by atoms with Gasteiger partial charge in [-0.05, 0) is 29.9 Å². The maximum absolute atomic E-state index is 15.6. The lowest BCUT2D eigenvalue weighted by atomic mass is 9.91. The molecule has 0 bridgehead atoms. The van der Waals surface area contributed by atoms with E-state index in [1.165, 1.54) is 18.5 Å². The van der Waals surface area contributed by atoms with Gasteiger partial charge in [0.05, 0.1) is 12.1 Å².